The van der Waals surface area contributed by atoms with Crippen LogP contribution in [-0.2, 0) is 14.8 Å². The summed E-state index contributed by atoms with van der Waals surface area (Å²) in [4.78, 5) is 12.5. The maximum Gasteiger partial charge on any atom is 0.264 e. The second kappa shape index (κ2) is 11.5. The van der Waals surface area contributed by atoms with Crippen LogP contribution in [0.2, 0.25) is 10.0 Å². The Kier molecular flexibility index (Phi) is 8.49. The number of benzene rings is 3. The average molecular weight is 517 g/mol. The minimum Gasteiger partial charge on any atom is -0.479 e. The summed E-state index contributed by atoms with van der Waals surface area (Å²) in [6.07, 6.45) is 1.39. The van der Waals surface area contributed by atoms with E-state index in [-0.39, 0.29) is 17.2 Å². The third-order valence-electron chi connectivity index (χ3n) is 4.37. The molecule has 3 aromatic carbocycles. The van der Waals surface area contributed by atoms with E-state index in [0.29, 0.717) is 21.4 Å². The highest BCUT2D eigenvalue weighted by molar-refractivity contribution is 7.92. The van der Waals surface area contributed by atoms with Gasteiger partial charge in [-0.05, 0) is 72.3 Å². The van der Waals surface area contributed by atoms with Crippen molar-refractivity contribution in [1.82, 2.24) is 5.43 Å². The molecule has 0 fully saturated rings. The highest BCUT2D eigenvalue weighted by Gasteiger charge is 2.27. The number of halogens is 2. The lowest BCUT2D eigenvalue weighted by molar-refractivity contribution is -0.119. The lowest BCUT2D eigenvalue weighted by Crippen LogP contribution is -2.39. The minimum absolute atomic E-state index is 0.0353. The number of nitrogens with zero attached hydrogens (tertiary/aromatic N) is 3. The molecule has 11 heteroatoms. The van der Waals surface area contributed by atoms with Crippen molar-refractivity contribution >= 4 is 51.0 Å². The highest BCUT2D eigenvalue weighted by atomic mass is 35.5. The van der Waals surface area contributed by atoms with E-state index in [9.17, 15) is 13.2 Å². The standard InChI is InChI=1S/C23H18Cl2N4O4S/c24-18-6-10-22(11-7-18)34(31,32)29(20-3-1-2-19(25)14-20)16-23(30)28-27-15-17-4-8-21(9-5-17)33-13-12-26/h1-11,14-15H,13,16H2,(H,28,30)/b27-15-. The van der Waals surface area contributed by atoms with Crippen LogP contribution in [0.3, 0.4) is 0 Å². The first-order valence-electron chi connectivity index (χ1n) is 9.75. The van der Waals surface area contributed by atoms with Crippen LogP contribution < -0.4 is 14.5 Å². The van der Waals surface area contributed by atoms with E-state index >= 15 is 0 Å². The molecule has 0 aliphatic rings. The summed E-state index contributed by atoms with van der Waals surface area (Å²) in [5, 5.41) is 13.1. The van der Waals surface area contributed by atoms with Crippen LogP contribution in [0.15, 0.2) is 82.8 Å². The molecule has 0 aromatic heterocycles. The second-order valence-electron chi connectivity index (χ2n) is 6.75. The molecule has 0 atom stereocenters. The summed E-state index contributed by atoms with van der Waals surface area (Å²) in [5.41, 5.74) is 3.20. The third-order valence-corrected chi connectivity index (χ3v) is 6.65. The van der Waals surface area contributed by atoms with Gasteiger partial charge in [0.15, 0.2) is 6.61 Å². The van der Waals surface area contributed by atoms with Crippen LogP contribution in [0.25, 0.3) is 0 Å². The number of amides is 1. The van der Waals surface area contributed by atoms with Gasteiger partial charge in [-0.25, -0.2) is 13.8 Å². The highest BCUT2D eigenvalue weighted by Crippen LogP contribution is 2.26. The van der Waals surface area contributed by atoms with Gasteiger partial charge in [0, 0.05) is 10.0 Å². The number of anilines is 1. The Morgan fingerprint density at radius 3 is 2.41 bits per heavy atom. The van der Waals surface area contributed by atoms with Crippen molar-refractivity contribution in [1.29, 1.82) is 5.26 Å². The number of sulfonamides is 1. The first-order valence-corrected chi connectivity index (χ1v) is 11.9. The van der Waals surface area contributed by atoms with Crippen molar-refractivity contribution in [3.63, 3.8) is 0 Å². The average Bonchev–Trinajstić information content (AvgIpc) is 2.82. The van der Waals surface area contributed by atoms with Gasteiger partial charge >= 0.3 is 0 Å². The zero-order valence-electron chi connectivity index (χ0n) is 17.6. The number of rotatable bonds is 9. The Hall–Kier alpha value is -3.58. The van der Waals surface area contributed by atoms with Crippen LogP contribution in [0.5, 0.6) is 5.75 Å². The summed E-state index contributed by atoms with van der Waals surface area (Å²) in [5.74, 6) is -0.143. The number of hydrogen-bond acceptors (Lipinski definition) is 6. The number of nitrogens with one attached hydrogen (secondary N) is 1. The van der Waals surface area contributed by atoms with Crippen LogP contribution in [0, 0.1) is 11.3 Å². The monoisotopic (exact) mass is 516 g/mol. The number of hydrogen-bond donors (Lipinski definition) is 1. The molecule has 0 aliphatic heterocycles. The molecule has 0 saturated carbocycles. The fourth-order valence-electron chi connectivity index (χ4n) is 2.79. The Morgan fingerprint density at radius 2 is 1.76 bits per heavy atom. The zero-order chi connectivity index (χ0) is 24.6. The number of hydrazone groups is 1. The van der Waals surface area contributed by atoms with Gasteiger partial charge in [-0.15, -0.1) is 0 Å². The Morgan fingerprint density at radius 1 is 1.06 bits per heavy atom. The Bertz CT molecular complexity index is 1320. The lowest BCUT2D eigenvalue weighted by Gasteiger charge is -2.23. The fraction of sp³-hybridized carbons (Fsp3) is 0.0870. The molecule has 174 valence electrons. The largest absolute Gasteiger partial charge is 0.479 e. The van der Waals surface area contributed by atoms with E-state index in [1.54, 1.807) is 36.4 Å². The van der Waals surface area contributed by atoms with E-state index in [1.165, 1.54) is 42.6 Å². The smallest absolute Gasteiger partial charge is 0.264 e. The van der Waals surface area contributed by atoms with Gasteiger partial charge < -0.3 is 4.74 Å². The molecule has 1 amide bonds. The molecule has 0 aliphatic carbocycles. The topological polar surface area (TPSA) is 112 Å². The van der Waals surface area contributed by atoms with Gasteiger partial charge in [0.05, 0.1) is 16.8 Å². The summed E-state index contributed by atoms with van der Waals surface area (Å²) in [6, 6.07) is 20.3. The number of nitriles is 1. The van der Waals surface area contributed by atoms with E-state index < -0.39 is 22.5 Å². The first-order chi connectivity index (χ1) is 16.3. The van der Waals surface area contributed by atoms with Crippen molar-refractivity contribution in [2.24, 2.45) is 5.10 Å². The van der Waals surface area contributed by atoms with E-state index in [2.05, 4.69) is 10.5 Å². The van der Waals surface area contributed by atoms with Gasteiger partial charge in [-0.2, -0.15) is 10.4 Å². The SMILES string of the molecule is N#CCOc1ccc(/C=N\NC(=O)CN(c2cccc(Cl)c2)S(=O)(=O)c2ccc(Cl)cc2)cc1. The molecule has 0 unspecified atom stereocenters. The maximum absolute atomic E-state index is 13.3. The molecule has 0 radical (unpaired) electrons. The van der Waals surface area contributed by atoms with Gasteiger partial charge in [-0.3, -0.25) is 9.10 Å². The molecule has 3 rings (SSSR count). The number of carbonyl (C=O) groups is 1. The number of ether oxygens (including phenoxy) is 1. The quantitative estimate of drug-likeness (QED) is 0.337. The molecule has 0 spiro atoms. The van der Waals surface area contributed by atoms with Crippen LogP contribution in [0.1, 0.15) is 5.56 Å². The van der Waals surface area contributed by atoms with E-state index in [0.717, 1.165) is 4.31 Å². The van der Waals surface area contributed by atoms with Gasteiger partial charge in [0.1, 0.15) is 18.4 Å². The molecular weight excluding hydrogens is 499 g/mol. The van der Waals surface area contributed by atoms with Crippen molar-refractivity contribution in [3.05, 3.63) is 88.4 Å². The summed E-state index contributed by atoms with van der Waals surface area (Å²) in [7, 11) is -4.11. The van der Waals surface area contributed by atoms with Crippen molar-refractivity contribution in [2.75, 3.05) is 17.5 Å². The normalized spacial score (nSPS) is 11.1. The van der Waals surface area contributed by atoms with Crippen molar-refractivity contribution in [2.45, 2.75) is 4.90 Å². The van der Waals surface area contributed by atoms with Crippen LogP contribution in [0.4, 0.5) is 5.69 Å². The summed E-state index contributed by atoms with van der Waals surface area (Å²) < 4.78 is 32.7. The van der Waals surface area contributed by atoms with Gasteiger partial charge in [-0.1, -0.05) is 29.3 Å². The third kappa shape index (κ3) is 6.71. The van der Waals surface area contributed by atoms with Crippen molar-refractivity contribution in [3.8, 4) is 11.8 Å². The number of carbonyl (C=O) groups excluding carboxylic acids is 1. The second-order valence-corrected chi connectivity index (χ2v) is 9.49. The van der Waals surface area contributed by atoms with E-state index in [1.807, 2.05) is 6.07 Å². The van der Waals surface area contributed by atoms with Crippen LogP contribution in [-0.4, -0.2) is 33.7 Å². The predicted octanol–water partition coefficient (Wildman–Crippen LogP) is 4.24. The maximum atomic E-state index is 13.3. The molecule has 0 heterocycles. The Labute approximate surface area is 207 Å². The van der Waals surface area contributed by atoms with Crippen molar-refractivity contribution < 1.29 is 17.9 Å². The molecule has 0 bridgehead atoms. The van der Waals surface area contributed by atoms with Crippen LogP contribution >= 0.6 is 23.2 Å². The molecule has 1 N–H and O–H groups in total. The minimum atomic E-state index is -4.11. The lowest BCUT2D eigenvalue weighted by atomic mass is 10.2. The Balaban J connectivity index is 1.76. The van der Waals surface area contributed by atoms with E-state index in [4.69, 9.17) is 33.2 Å². The molecule has 8 nitrogen and oxygen atoms in total. The summed E-state index contributed by atoms with van der Waals surface area (Å²) in [6.45, 7) is -0.602. The predicted molar refractivity (Wildman–Crippen MR) is 131 cm³/mol. The molecule has 0 saturated heterocycles. The zero-order valence-corrected chi connectivity index (χ0v) is 19.9. The summed E-state index contributed by atoms with van der Waals surface area (Å²) >= 11 is 11.9. The van der Waals surface area contributed by atoms with Gasteiger partial charge in [0.2, 0.25) is 0 Å². The van der Waals surface area contributed by atoms with Gasteiger partial charge in [0.25, 0.3) is 15.9 Å². The molecule has 34 heavy (non-hydrogen) atoms. The first kappa shape index (κ1) is 25.1. The molecule has 3 aromatic rings. The fourth-order valence-corrected chi connectivity index (χ4v) is 4.51. The molecular formula is C23H18Cl2N4O4S.